The van der Waals surface area contributed by atoms with Crippen LogP contribution >= 0.6 is 0 Å². The van der Waals surface area contributed by atoms with Crippen molar-refractivity contribution in [2.24, 2.45) is 4.40 Å². The fourth-order valence-electron chi connectivity index (χ4n) is 4.77. The third kappa shape index (κ3) is 4.86. The Bertz CT molecular complexity index is 1380. The number of amidine groups is 1. The van der Waals surface area contributed by atoms with Gasteiger partial charge in [-0.2, -0.15) is 13.5 Å². The van der Waals surface area contributed by atoms with Gasteiger partial charge in [0.15, 0.2) is 5.69 Å². The average molecular weight is 492 g/mol. The molecular weight excluding hydrogens is 462 g/mol. The number of benzene rings is 2. The van der Waals surface area contributed by atoms with Gasteiger partial charge in [-0.05, 0) is 62.4 Å². The van der Waals surface area contributed by atoms with Crippen LogP contribution in [0.2, 0.25) is 0 Å². The number of rotatable bonds is 5. The molecule has 1 aromatic heterocycles. The number of para-hydroxylation sites is 1. The van der Waals surface area contributed by atoms with E-state index < -0.39 is 10.0 Å². The van der Waals surface area contributed by atoms with Crippen molar-refractivity contribution < 1.29 is 13.2 Å². The predicted octanol–water partition coefficient (Wildman–Crippen LogP) is 4.21. The van der Waals surface area contributed by atoms with Gasteiger partial charge in [0.1, 0.15) is 5.84 Å². The van der Waals surface area contributed by atoms with Gasteiger partial charge in [0.05, 0.1) is 10.6 Å². The van der Waals surface area contributed by atoms with Gasteiger partial charge >= 0.3 is 0 Å². The van der Waals surface area contributed by atoms with Crippen molar-refractivity contribution in [2.75, 3.05) is 18.9 Å². The quantitative estimate of drug-likeness (QED) is 0.540. The van der Waals surface area contributed by atoms with Crippen LogP contribution in [0.5, 0.6) is 0 Å². The van der Waals surface area contributed by atoms with Gasteiger partial charge in [0.25, 0.3) is 15.9 Å². The number of nitrogens with one attached hydrogen (secondary N) is 1. The molecule has 0 unspecified atom stereocenters. The Morgan fingerprint density at radius 2 is 1.77 bits per heavy atom. The van der Waals surface area contributed by atoms with Gasteiger partial charge in [-0.3, -0.25) is 4.79 Å². The van der Waals surface area contributed by atoms with Gasteiger partial charge < -0.3 is 10.2 Å². The van der Waals surface area contributed by atoms with Crippen LogP contribution in [0.4, 0.5) is 5.69 Å². The summed E-state index contributed by atoms with van der Waals surface area (Å²) in [5.74, 6) is 0.225. The van der Waals surface area contributed by atoms with Crippen LogP contribution in [0.15, 0.2) is 63.9 Å². The first-order valence-corrected chi connectivity index (χ1v) is 13.5. The van der Waals surface area contributed by atoms with E-state index in [1.54, 1.807) is 12.1 Å². The fraction of sp³-hybridized carbons (Fsp3) is 0.346. The Kier molecular flexibility index (Phi) is 6.42. The highest BCUT2D eigenvalue weighted by Crippen LogP contribution is 2.27. The highest BCUT2D eigenvalue weighted by atomic mass is 32.2. The molecule has 0 saturated carbocycles. The largest absolute Gasteiger partial charge is 0.362 e. The number of likely N-dealkylation sites (tertiary alicyclic amines) is 1. The van der Waals surface area contributed by atoms with Gasteiger partial charge in [0, 0.05) is 37.0 Å². The first-order chi connectivity index (χ1) is 16.9. The maximum absolute atomic E-state index is 13.4. The van der Waals surface area contributed by atoms with E-state index in [1.807, 2.05) is 47.0 Å². The Hall–Kier alpha value is -3.46. The van der Waals surface area contributed by atoms with Crippen molar-refractivity contribution in [3.8, 4) is 5.69 Å². The monoisotopic (exact) mass is 491 g/mol. The number of fused-ring (bicyclic) bond motifs is 1. The summed E-state index contributed by atoms with van der Waals surface area (Å²) in [7, 11) is -2.03. The summed E-state index contributed by atoms with van der Waals surface area (Å²) < 4.78 is 31.7. The number of anilines is 1. The molecule has 0 radical (unpaired) electrons. The van der Waals surface area contributed by atoms with Crippen LogP contribution in [-0.4, -0.2) is 48.4 Å². The van der Waals surface area contributed by atoms with Crippen molar-refractivity contribution >= 4 is 27.5 Å². The van der Waals surface area contributed by atoms with E-state index in [-0.39, 0.29) is 10.8 Å². The minimum Gasteiger partial charge on any atom is -0.362 e. The first kappa shape index (κ1) is 23.3. The van der Waals surface area contributed by atoms with Crippen LogP contribution < -0.4 is 5.32 Å². The van der Waals surface area contributed by atoms with Crippen molar-refractivity contribution in [1.82, 2.24) is 14.7 Å². The molecule has 1 fully saturated rings. The lowest BCUT2D eigenvalue weighted by atomic mass is 10.1. The maximum atomic E-state index is 13.4. The van der Waals surface area contributed by atoms with Crippen molar-refractivity contribution in [3.63, 3.8) is 0 Å². The molecule has 0 atom stereocenters. The lowest BCUT2D eigenvalue weighted by Gasteiger charge is -2.11. The van der Waals surface area contributed by atoms with Crippen LogP contribution in [-0.2, 0) is 22.9 Å². The Balaban J connectivity index is 1.44. The van der Waals surface area contributed by atoms with Gasteiger partial charge in [-0.1, -0.05) is 30.7 Å². The molecule has 1 saturated heterocycles. The fourth-order valence-corrected chi connectivity index (χ4v) is 5.91. The molecule has 8 nitrogen and oxygen atoms in total. The van der Waals surface area contributed by atoms with Crippen LogP contribution in [0.1, 0.15) is 53.8 Å². The van der Waals surface area contributed by atoms with Crippen LogP contribution in [0.3, 0.4) is 0 Å². The third-order valence-electron chi connectivity index (χ3n) is 6.60. The molecule has 1 aliphatic carbocycles. The summed E-state index contributed by atoms with van der Waals surface area (Å²) in [6, 6.07) is 16.1. The minimum atomic E-state index is -3.88. The van der Waals surface area contributed by atoms with E-state index in [0.29, 0.717) is 23.6 Å². The summed E-state index contributed by atoms with van der Waals surface area (Å²) in [4.78, 5) is 15.3. The van der Waals surface area contributed by atoms with E-state index in [9.17, 15) is 13.2 Å². The summed E-state index contributed by atoms with van der Waals surface area (Å²) >= 11 is 0. The molecule has 9 heteroatoms. The maximum Gasteiger partial charge on any atom is 0.284 e. The number of carbonyl (C=O) groups is 1. The average Bonchev–Trinajstić information content (AvgIpc) is 3.33. The molecule has 35 heavy (non-hydrogen) atoms. The second kappa shape index (κ2) is 9.65. The summed E-state index contributed by atoms with van der Waals surface area (Å²) in [6.07, 6.45) is 6.38. The Labute approximate surface area is 205 Å². The number of carbonyl (C=O) groups excluding carboxylic acids is 1. The topological polar surface area (TPSA) is 96.7 Å². The van der Waals surface area contributed by atoms with E-state index in [1.165, 1.54) is 12.1 Å². The van der Waals surface area contributed by atoms with E-state index in [0.717, 1.165) is 62.0 Å². The number of amides is 1. The van der Waals surface area contributed by atoms with Crippen LogP contribution in [0, 0.1) is 0 Å². The smallest absolute Gasteiger partial charge is 0.284 e. The van der Waals surface area contributed by atoms with Gasteiger partial charge in [0.2, 0.25) is 0 Å². The Morgan fingerprint density at radius 3 is 2.54 bits per heavy atom. The molecule has 5 rings (SSSR count). The third-order valence-corrected chi connectivity index (χ3v) is 7.90. The van der Waals surface area contributed by atoms with Gasteiger partial charge in [-0.15, -0.1) is 4.40 Å². The first-order valence-electron chi connectivity index (χ1n) is 12.0. The van der Waals surface area contributed by atoms with E-state index >= 15 is 0 Å². The lowest BCUT2D eigenvalue weighted by molar-refractivity contribution is 0.102. The SMILES string of the molecule is CN1CCC/C1=N\S(=O)(=O)c1cccc(NC(=O)c2nn(-c3ccccc3)c3c2CCCCC3)c1. The lowest BCUT2D eigenvalue weighted by Crippen LogP contribution is -2.20. The van der Waals surface area contributed by atoms with Crippen molar-refractivity contribution in [3.05, 3.63) is 71.5 Å². The minimum absolute atomic E-state index is 0.0525. The van der Waals surface area contributed by atoms with E-state index in [2.05, 4.69) is 9.71 Å². The second-order valence-electron chi connectivity index (χ2n) is 9.07. The molecule has 1 amide bonds. The van der Waals surface area contributed by atoms with E-state index in [4.69, 9.17) is 5.10 Å². The van der Waals surface area contributed by atoms with Crippen LogP contribution in [0.25, 0.3) is 5.69 Å². The number of aromatic nitrogens is 2. The molecular formula is C26H29N5O3S. The molecule has 182 valence electrons. The molecule has 1 aliphatic heterocycles. The Morgan fingerprint density at radius 1 is 0.971 bits per heavy atom. The predicted molar refractivity (Wildman–Crippen MR) is 136 cm³/mol. The number of hydrogen-bond donors (Lipinski definition) is 1. The van der Waals surface area contributed by atoms with Crippen molar-refractivity contribution in [1.29, 1.82) is 0 Å². The molecule has 2 aliphatic rings. The zero-order valence-corrected chi connectivity index (χ0v) is 20.6. The molecule has 0 bridgehead atoms. The zero-order chi connectivity index (χ0) is 24.4. The molecule has 2 heterocycles. The summed E-state index contributed by atoms with van der Waals surface area (Å²) in [6.45, 7) is 0.796. The number of nitrogens with zero attached hydrogens (tertiary/aromatic N) is 4. The number of sulfonamides is 1. The second-order valence-corrected chi connectivity index (χ2v) is 10.7. The van der Waals surface area contributed by atoms with Gasteiger partial charge in [-0.25, -0.2) is 4.68 Å². The van der Waals surface area contributed by atoms with Crippen molar-refractivity contribution in [2.45, 2.75) is 49.8 Å². The molecule has 3 aromatic rings. The summed E-state index contributed by atoms with van der Waals surface area (Å²) in [5, 5.41) is 7.58. The standard InChI is InChI=1S/C26H29N5O3S/c1-30-17-9-16-24(30)29-35(33,34)21-13-8-10-19(18-21)27-26(32)25-22-14-6-3-7-15-23(22)31(28-25)20-11-4-2-5-12-20/h2,4-5,8,10-13,18H,3,6-7,9,14-17H2,1H3,(H,27,32)/b29-24+. The molecule has 0 spiro atoms. The normalized spacial score (nSPS) is 17.3. The molecule has 2 aromatic carbocycles. The summed E-state index contributed by atoms with van der Waals surface area (Å²) in [5.41, 5.74) is 3.77. The highest BCUT2D eigenvalue weighted by Gasteiger charge is 2.25. The molecule has 1 N–H and O–H groups in total. The highest BCUT2D eigenvalue weighted by molar-refractivity contribution is 7.90. The number of hydrogen-bond acceptors (Lipinski definition) is 4. The zero-order valence-electron chi connectivity index (χ0n) is 19.8.